The molecular weight excluding hydrogens is 309 g/mol. The van der Waals surface area contributed by atoms with Crippen LogP contribution in [0.3, 0.4) is 0 Å². The summed E-state index contributed by atoms with van der Waals surface area (Å²) in [6.07, 6.45) is 1.72. The maximum absolute atomic E-state index is 11.5. The van der Waals surface area contributed by atoms with Gasteiger partial charge < -0.3 is 5.32 Å². The van der Waals surface area contributed by atoms with Crippen LogP contribution in [0.2, 0.25) is 10.0 Å². The summed E-state index contributed by atoms with van der Waals surface area (Å²) in [5.41, 5.74) is 2.24. The lowest BCUT2D eigenvalue weighted by Gasteiger charge is -2.06. The van der Waals surface area contributed by atoms with Crippen LogP contribution in [-0.2, 0) is 4.79 Å². The van der Waals surface area contributed by atoms with Gasteiger partial charge in [-0.2, -0.15) is 0 Å². The number of benzene rings is 1. The van der Waals surface area contributed by atoms with E-state index in [1.807, 2.05) is 12.1 Å². The van der Waals surface area contributed by atoms with E-state index in [2.05, 4.69) is 10.3 Å². The molecule has 0 aliphatic heterocycles. The number of fused-ring (bicyclic) bond motifs is 1. The Labute approximate surface area is 131 Å². The van der Waals surface area contributed by atoms with E-state index in [4.69, 9.17) is 23.2 Å². The largest absolute Gasteiger partial charge is 0.310 e. The molecule has 1 aromatic carbocycles. The smallest absolute Gasteiger partial charge is 0.222 e. The van der Waals surface area contributed by atoms with E-state index in [9.17, 15) is 4.79 Å². The first-order valence-corrected chi connectivity index (χ1v) is 7.01. The van der Waals surface area contributed by atoms with Crippen molar-refractivity contribution >= 4 is 40.6 Å². The quantitative estimate of drug-likeness (QED) is 0.766. The Morgan fingerprint density at radius 1 is 1.10 bits per heavy atom. The summed E-state index contributed by atoms with van der Waals surface area (Å²) in [6.45, 7) is 1.45. The minimum Gasteiger partial charge on any atom is -0.310 e. The molecule has 4 nitrogen and oxygen atoms in total. The van der Waals surface area contributed by atoms with Crippen molar-refractivity contribution in [3.05, 3.63) is 52.6 Å². The summed E-state index contributed by atoms with van der Waals surface area (Å²) >= 11 is 11.9. The summed E-state index contributed by atoms with van der Waals surface area (Å²) in [5.74, 6) is 0.411. The average Bonchev–Trinajstić information content (AvgIpc) is 2.77. The fourth-order valence-corrected chi connectivity index (χ4v) is 2.40. The Bertz CT molecular complexity index is 825. The van der Waals surface area contributed by atoms with Crippen molar-refractivity contribution in [1.82, 2.24) is 9.38 Å². The van der Waals surface area contributed by atoms with Crippen LogP contribution in [0.1, 0.15) is 6.92 Å². The standard InChI is InChI=1S/C15H11Cl2N3O/c1-9(21)18-15-14(10-2-4-11(16)5-3-10)19-13-7-6-12(17)8-20(13)15/h2-8H,1H3,(H,18,21). The van der Waals surface area contributed by atoms with Crippen LogP contribution in [-0.4, -0.2) is 15.3 Å². The van der Waals surface area contributed by atoms with Gasteiger partial charge in [-0.05, 0) is 24.3 Å². The van der Waals surface area contributed by atoms with E-state index in [0.717, 1.165) is 5.56 Å². The minimum atomic E-state index is -0.174. The molecule has 0 unspecified atom stereocenters. The number of amides is 1. The zero-order valence-corrected chi connectivity index (χ0v) is 12.6. The van der Waals surface area contributed by atoms with Crippen molar-refractivity contribution in [2.45, 2.75) is 6.92 Å². The van der Waals surface area contributed by atoms with Crippen LogP contribution in [0.25, 0.3) is 16.9 Å². The fourth-order valence-electron chi connectivity index (χ4n) is 2.11. The van der Waals surface area contributed by atoms with Crippen molar-refractivity contribution in [3.63, 3.8) is 0 Å². The second kappa shape index (κ2) is 5.39. The van der Waals surface area contributed by atoms with Gasteiger partial charge in [0.15, 0.2) is 0 Å². The second-order valence-electron chi connectivity index (χ2n) is 4.57. The van der Waals surface area contributed by atoms with Gasteiger partial charge in [0.05, 0.1) is 5.02 Å². The number of halogens is 2. The van der Waals surface area contributed by atoms with Crippen LogP contribution >= 0.6 is 23.2 Å². The molecule has 0 aliphatic carbocycles. The number of pyridine rings is 1. The Morgan fingerprint density at radius 3 is 2.43 bits per heavy atom. The number of hydrogen-bond acceptors (Lipinski definition) is 2. The molecule has 0 atom stereocenters. The van der Waals surface area contributed by atoms with Gasteiger partial charge in [-0.1, -0.05) is 35.3 Å². The molecule has 0 saturated carbocycles. The number of hydrogen-bond donors (Lipinski definition) is 1. The van der Waals surface area contributed by atoms with Crippen molar-refractivity contribution in [1.29, 1.82) is 0 Å². The number of anilines is 1. The molecule has 1 amide bonds. The third-order valence-electron chi connectivity index (χ3n) is 2.99. The fraction of sp³-hybridized carbons (Fsp3) is 0.0667. The first-order valence-electron chi connectivity index (χ1n) is 6.26. The summed E-state index contributed by atoms with van der Waals surface area (Å²) < 4.78 is 1.76. The number of nitrogens with zero attached hydrogens (tertiary/aromatic N) is 2. The maximum atomic E-state index is 11.5. The van der Waals surface area contributed by atoms with Gasteiger partial charge in [-0.15, -0.1) is 0 Å². The molecule has 0 bridgehead atoms. The van der Waals surface area contributed by atoms with Gasteiger partial charge in [0.25, 0.3) is 0 Å². The maximum Gasteiger partial charge on any atom is 0.222 e. The highest BCUT2D eigenvalue weighted by Gasteiger charge is 2.15. The normalized spacial score (nSPS) is 10.8. The van der Waals surface area contributed by atoms with Gasteiger partial charge in [0.2, 0.25) is 5.91 Å². The van der Waals surface area contributed by atoms with Gasteiger partial charge >= 0.3 is 0 Å². The third-order valence-corrected chi connectivity index (χ3v) is 3.47. The number of imidazole rings is 1. The molecule has 3 aromatic rings. The molecule has 0 spiro atoms. The van der Waals surface area contributed by atoms with Crippen molar-refractivity contribution in [2.75, 3.05) is 5.32 Å². The van der Waals surface area contributed by atoms with Gasteiger partial charge in [0, 0.05) is 23.7 Å². The predicted octanol–water partition coefficient (Wildman–Crippen LogP) is 4.27. The van der Waals surface area contributed by atoms with Crippen molar-refractivity contribution in [2.24, 2.45) is 0 Å². The number of rotatable bonds is 2. The molecule has 0 radical (unpaired) electrons. The first-order chi connectivity index (χ1) is 10.0. The summed E-state index contributed by atoms with van der Waals surface area (Å²) in [5, 5.41) is 4.02. The Hall–Kier alpha value is -2.04. The lowest BCUT2D eigenvalue weighted by molar-refractivity contribution is -0.114. The van der Waals surface area contributed by atoms with E-state index in [1.54, 1.807) is 34.9 Å². The molecule has 2 heterocycles. The Kier molecular flexibility index (Phi) is 3.57. The molecule has 106 valence electrons. The molecule has 6 heteroatoms. The van der Waals surface area contributed by atoms with E-state index in [1.165, 1.54) is 6.92 Å². The van der Waals surface area contributed by atoms with E-state index in [-0.39, 0.29) is 5.91 Å². The molecule has 0 fully saturated rings. The highest BCUT2D eigenvalue weighted by Crippen LogP contribution is 2.30. The molecule has 3 rings (SSSR count). The lowest BCUT2D eigenvalue weighted by Crippen LogP contribution is -2.09. The highest BCUT2D eigenvalue weighted by molar-refractivity contribution is 6.30. The third kappa shape index (κ3) is 2.73. The SMILES string of the molecule is CC(=O)Nc1c(-c2ccc(Cl)cc2)nc2ccc(Cl)cn12. The molecular formula is C15H11Cl2N3O. The molecule has 2 aromatic heterocycles. The summed E-state index contributed by atoms with van der Waals surface area (Å²) in [4.78, 5) is 16.0. The summed E-state index contributed by atoms with van der Waals surface area (Å²) in [6, 6.07) is 10.8. The van der Waals surface area contributed by atoms with Gasteiger partial charge in [-0.25, -0.2) is 4.98 Å². The highest BCUT2D eigenvalue weighted by atomic mass is 35.5. The van der Waals surface area contributed by atoms with E-state index in [0.29, 0.717) is 27.2 Å². The summed E-state index contributed by atoms with van der Waals surface area (Å²) in [7, 11) is 0. The zero-order valence-electron chi connectivity index (χ0n) is 11.1. The molecule has 0 aliphatic rings. The van der Waals surface area contributed by atoms with Crippen LogP contribution in [0.4, 0.5) is 5.82 Å². The number of nitrogens with one attached hydrogen (secondary N) is 1. The van der Waals surface area contributed by atoms with Gasteiger partial charge in [0.1, 0.15) is 17.2 Å². The van der Waals surface area contributed by atoms with Crippen molar-refractivity contribution in [3.8, 4) is 11.3 Å². The first kappa shape index (κ1) is 13.9. The lowest BCUT2D eigenvalue weighted by atomic mass is 10.1. The topological polar surface area (TPSA) is 46.4 Å². The molecule has 1 N–H and O–H groups in total. The van der Waals surface area contributed by atoms with E-state index >= 15 is 0 Å². The Balaban J connectivity index is 2.25. The van der Waals surface area contributed by atoms with Crippen LogP contribution < -0.4 is 5.32 Å². The Morgan fingerprint density at radius 2 is 1.76 bits per heavy atom. The predicted molar refractivity (Wildman–Crippen MR) is 85.0 cm³/mol. The minimum absolute atomic E-state index is 0.174. The average molecular weight is 320 g/mol. The molecule has 21 heavy (non-hydrogen) atoms. The number of carbonyl (C=O) groups is 1. The van der Waals surface area contributed by atoms with Crippen LogP contribution in [0.5, 0.6) is 0 Å². The van der Waals surface area contributed by atoms with Crippen LogP contribution in [0, 0.1) is 0 Å². The number of aromatic nitrogens is 2. The zero-order chi connectivity index (χ0) is 15.0. The molecule has 0 saturated heterocycles. The van der Waals surface area contributed by atoms with Crippen molar-refractivity contribution < 1.29 is 4.79 Å². The van der Waals surface area contributed by atoms with E-state index < -0.39 is 0 Å². The van der Waals surface area contributed by atoms with Gasteiger partial charge in [-0.3, -0.25) is 9.20 Å². The monoisotopic (exact) mass is 319 g/mol. The number of carbonyl (C=O) groups excluding carboxylic acids is 1. The second-order valence-corrected chi connectivity index (χ2v) is 5.45. The van der Waals surface area contributed by atoms with Crippen LogP contribution in [0.15, 0.2) is 42.6 Å².